The molecule has 2 aromatic heterocycles. The van der Waals surface area contributed by atoms with Crippen molar-refractivity contribution < 1.29 is 0 Å². The SMILES string of the molecule is CN1CCN(c2cccc(Nc3n[c]nc4cn[nH]c34)c2)CC1. The summed E-state index contributed by atoms with van der Waals surface area (Å²) in [4.78, 5) is 13.0. The van der Waals surface area contributed by atoms with E-state index in [0.29, 0.717) is 5.82 Å². The van der Waals surface area contributed by atoms with Crippen molar-refractivity contribution in [1.82, 2.24) is 25.1 Å². The van der Waals surface area contributed by atoms with E-state index in [0.717, 1.165) is 42.9 Å². The normalized spacial score (nSPS) is 16.0. The van der Waals surface area contributed by atoms with Gasteiger partial charge in [-0.3, -0.25) is 5.10 Å². The molecule has 1 saturated heterocycles. The van der Waals surface area contributed by atoms with Gasteiger partial charge in [0.15, 0.2) is 5.82 Å². The highest BCUT2D eigenvalue weighted by Gasteiger charge is 2.14. The molecule has 0 aliphatic carbocycles. The molecule has 3 heterocycles. The highest BCUT2D eigenvalue weighted by atomic mass is 15.2. The summed E-state index contributed by atoms with van der Waals surface area (Å²) in [5, 5.41) is 10.2. The fourth-order valence-electron chi connectivity index (χ4n) is 2.80. The Bertz CT molecular complexity index is 805. The first-order chi connectivity index (χ1) is 11.3. The third kappa shape index (κ3) is 2.83. The smallest absolute Gasteiger partial charge is 0.200 e. The molecule has 1 aliphatic heterocycles. The predicted octanol–water partition coefficient (Wildman–Crippen LogP) is 1.65. The van der Waals surface area contributed by atoms with E-state index in [9.17, 15) is 0 Å². The maximum absolute atomic E-state index is 4.19. The number of fused-ring (bicyclic) bond motifs is 1. The van der Waals surface area contributed by atoms with Crippen molar-refractivity contribution in [1.29, 1.82) is 0 Å². The van der Waals surface area contributed by atoms with E-state index < -0.39 is 0 Å². The molecule has 7 heteroatoms. The molecule has 23 heavy (non-hydrogen) atoms. The van der Waals surface area contributed by atoms with Gasteiger partial charge in [0.05, 0.1) is 6.20 Å². The average Bonchev–Trinajstić information content (AvgIpc) is 3.06. The van der Waals surface area contributed by atoms with Gasteiger partial charge in [-0.05, 0) is 25.2 Å². The second kappa shape index (κ2) is 5.85. The summed E-state index contributed by atoms with van der Waals surface area (Å²) in [5.74, 6) is 0.683. The van der Waals surface area contributed by atoms with Crippen LogP contribution in [0.25, 0.3) is 11.0 Å². The largest absolute Gasteiger partial charge is 0.369 e. The van der Waals surface area contributed by atoms with Crippen LogP contribution in [0.2, 0.25) is 0 Å². The number of H-pyrrole nitrogens is 1. The van der Waals surface area contributed by atoms with Crippen LogP contribution in [0.1, 0.15) is 0 Å². The third-order valence-electron chi connectivity index (χ3n) is 4.17. The number of aromatic amines is 1. The number of hydrogen-bond acceptors (Lipinski definition) is 6. The first-order valence-electron chi connectivity index (χ1n) is 7.67. The van der Waals surface area contributed by atoms with Crippen LogP contribution in [0, 0.1) is 6.33 Å². The standard InChI is InChI=1S/C16H18N7/c1-22-5-7-23(8-6-22)13-4-2-3-12(9-13)20-16-15-14(10-19-21-15)17-11-18-16/h2-4,9-10H,5-8H2,1H3,(H,19,21)(H,17,18,20). The zero-order chi connectivity index (χ0) is 15.6. The molecule has 1 aromatic carbocycles. The number of benzene rings is 1. The lowest BCUT2D eigenvalue weighted by Crippen LogP contribution is -2.44. The van der Waals surface area contributed by atoms with E-state index in [-0.39, 0.29) is 0 Å². The molecular formula is C16H18N7. The summed E-state index contributed by atoms with van der Waals surface area (Å²) in [5.41, 5.74) is 3.75. The molecule has 0 atom stereocenters. The summed E-state index contributed by atoms with van der Waals surface area (Å²) in [7, 11) is 2.16. The van der Waals surface area contributed by atoms with E-state index in [1.165, 1.54) is 5.69 Å². The van der Waals surface area contributed by atoms with Crippen molar-refractivity contribution in [2.75, 3.05) is 43.4 Å². The van der Waals surface area contributed by atoms with Gasteiger partial charge in [-0.15, -0.1) is 0 Å². The molecule has 0 unspecified atom stereocenters. The van der Waals surface area contributed by atoms with Gasteiger partial charge in [0.2, 0.25) is 6.33 Å². The van der Waals surface area contributed by atoms with Crippen molar-refractivity contribution in [2.45, 2.75) is 0 Å². The van der Waals surface area contributed by atoms with E-state index in [1.807, 2.05) is 6.07 Å². The Kier molecular flexibility index (Phi) is 3.55. The Morgan fingerprint density at radius 1 is 1.17 bits per heavy atom. The van der Waals surface area contributed by atoms with Crippen molar-refractivity contribution in [2.24, 2.45) is 0 Å². The number of rotatable bonds is 3. The van der Waals surface area contributed by atoms with Gasteiger partial charge < -0.3 is 15.1 Å². The third-order valence-corrected chi connectivity index (χ3v) is 4.17. The summed E-state index contributed by atoms with van der Waals surface area (Å²) >= 11 is 0. The average molecular weight is 308 g/mol. The number of nitrogens with zero attached hydrogens (tertiary/aromatic N) is 5. The topological polar surface area (TPSA) is 73.0 Å². The number of nitrogens with one attached hydrogen (secondary N) is 2. The maximum Gasteiger partial charge on any atom is 0.200 e. The molecule has 0 saturated carbocycles. The van der Waals surface area contributed by atoms with Crippen LogP contribution in [-0.4, -0.2) is 58.3 Å². The maximum atomic E-state index is 4.19. The van der Waals surface area contributed by atoms with Gasteiger partial charge in [-0.1, -0.05) is 6.07 Å². The molecule has 0 spiro atoms. The van der Waals surface area contributed by atoms with Gasteiger partial charge in [-0.2, -0.15) is 5.10 Å². The van der Waals surface area contributed by atoms with Crippen LogP contribution >= 0.6 is 0 Å². The Labute approximate surface area is 134 Å². The molecule has 117 valence electrons. The van der Waals surface area contributed by atoms with Gasteiger partial charge in [-0.25, -0.2) is 9.97 Å². The second-order valence-corrected chi connectivity index (χ2v) is 5.77. The second-order valence-electron chi connectivity index (χ2n) is 5.77. The van der Waals surface area contributed by atoms with Gasteiger partial charge in [0, 0.05) is 37.6 Å². The highest BCUT2D eigenvalue weighted by molar-refractivity contribution is 5.86. The summed E-state index contributed by atoms with van der Waals surface area (Å²) in [6.45, 7) is 4.28. The molecule has 0 bridgehead atoms. The first-order valence-corrected chi connectivity index (χ1v) is 7.67. The molecule has 1 aliphatic rings. The van der Waals surface area contributed by atoms with Crippen LogP contribution in [-0.2, 0) is 0 Å². The Hall–Kier alpha value is -2.67. The van der Waals surface area contributed by atoms with Gasteiger partial charge in [0.25, 0.3) is 0 Å². The minimum Gasteiger partial charge on any atom is -0.369 e. The molecular weight excluding hydrogens is 290 g/mol. The molecule has 7 nitrogen and oxygen atoms in total. The van der Waals surface area contributed by atoms with Crippen molar-refractivity contribution in [3.8, 4) is 0 Å². The summed E-state index contributed by atoms with van der Waals surface area (Å²) in [6, 6.07) is 8.39. The monoisotopic (exact) mass is 308 g/mol. The first kappa shape index (κ1) is 14.0. The number of likely N-dealkylation sites (N-methyl/N-ethyl adjacent to an activating group) is 1. The number of hydrogen-bond donors (Lipinski definition) is 2. The molecule has 2 N–H and O–H groups in total. The Balaban J connectivity index is 1.58. The number of anilines is 3. The zero-order valence-electron chi connectivity index (χ0n) is 13.0. The molecule has 1 fully saturated rings. The fourth-order valence-corrected chi connectivity index (χ4v) is 2.80. The van der Waals surface area contributed by atoms with E-state index in [4.69, 9.17) is 0 Å². The van der Waals surface area contributed by atoms with Crippen LogP contribution in [0.4, 0.5) is 17.2 Å². The molecule has 1 radical (unpaired) electrons. The Morgan fingerprint density at radius 2 is 2.04 bits per heavy atom. The minimum absolute atomic E-state index is 0.683. The van der Waals surface area contributed by atoms with E-state index in [2.05, 4.69) is 66.9 Å². The van der Waals surface area contributed by atoms with Crippen LogP contribution in [0.5, 0.6) is 0 Å². The summed E-state index contributed by atoms with van der Waals surface area (Å²) < 4.78 is 0. The fraction of sp³-hybridized carbons (Fsp3) is 0.312. The lowest BCUT2D eigenvalue weighted by Gasteiger charge is -2.34. The molecule has 4 rings (SSSR count). The van der Waals surface area contributed by atoms with Crippen LogP contribution in [0.3, 0.4) is 0 Å². The zero-order valence-corrected chi connectivity index (χ0v) is 13.0. The van der Waals surface area contributed by atoms with E-state index in [1.54, 1.807) is 6.20 Å². The lowest BCUT2D eigenvalue weighted by molar-refractivity contribution is 0.313. The van der Waals surface area contributed by atoms with Crippen molar-refractivity contribution in [3.05, 3.63) is 36.8 Å². The number of piperazine rings is 1. The Morgan fingerprint density at radius 3 is 2.91 bits per heavy atom. The quantitative estimate of drug-likeness (QED) is 0.766. The van der Waals surface area contributed by atoms with Crippen LogP contribution in [0.15, 0.2) is 30.5 Å². The number of aromatic nitrogens is 4. The van der Waals surface area contributed by atoms with E-state index >= 15 is 0 Å². The van der Waals surface area contributed by atoms with Crippen LogP contribution < -0.4 is 10.2 Å². The van der Waals surface area contributed by atoms with Gasteiger partial charge >= 0.3 is 0 Å². The van der Waals surface area contributed by atoms with Gasteiger partial charge in [0.1, 0.15) is 11.0 Å². The molecule has 0 amide bonds. The van der Waals surface area contributed by atoms with Crippen molar-refractivity contribution in [3.63, 3.8) is 0 Å². The highest BCUT2D eigenvalue weighted by Crippen LogP contribution is 2.25. The van der Waals surface area contributed by atoms with Crippen molar-refractivity contribution >= 4 is 28.2 Å². The molecule has 3 aromatic rings. The predicted molar refractivity (Wildman–Crippen MR) is 90.0 cm³/mol. The lowest BCUT2D eigenvalue weighted by atomic mass is 10.2. The minimum atomic E-state index is 0.683. The summed E-state index contributed by atoms with van der Waals surface area (Å²) in [6.07, 6.45) is 4.32.